The van der Waals surface area contributed by atoms with Gasteiger partial charge in [0, 0.05) is 37.4 Å². The lowest BCUT2D eigenvalue weighted by atomic mass is 10.1. The summed E-state index contributed by atoms with van der Waals surface area (Å²) in [5.41, 5.74) is 1.67. The molecule has 1 amide bonds. The number of rotatable bonds is 3. The first-order valence-electron chi connectivity index (χ1n) is 7.72. The predicted molar refractivity (Wildman–Crippen MR) is 97.6 cm³/mol. The summed E-state index contributed by atoms with van der Waals surface area (Å²) in [5.74, 6) is 0.331. The molecule has 0 radical (unpaired) electrons. The van der Waals surface area contributed by atoms with E-state index in [2.05, 4.69) is 17.0 Å². The lowest BCUT2D eigenvalue weighted by Crippen LogP contribution is -2.48. The summed E-state index contributed by atoms with van der Waals surface area (Å²) in [7, 11) is 1.50. The molecule has 3 rings (SSSR count). The molecule has 6 heteroatoms. The number of hydrogen-bond acceptors (Lipinski definition) is 3. The van der Waals surface area contributed by atoms with Crippen LogP contribution in [0.25, 0.3) is 0 Å². The van der Waals surface area contributed by atoms with Crippen LogP contribution in [-0.4, -0.2) is 44.1 Å². The highest BCUT2D eigenvalue weighted by molar-refractivity contribution is 6.37. The highest BCUT2D eigenvalue weighted by Gasteiger charge is 2.23. The fourth-order valence-electron chi connectivity index (χ4n) is 2.87. The molecule has 1 saturated heterocycles. The highest BCUT2D eigenvalue weighted by Crippen LogP contribution is 2.34. The van der Waals surface area contributed by atoms with Gasteiger partial charge in [0.1, 0.15) is 0 Å². The Bertz CT molecular complexity index is 706. The molecule has 0 N–H and O–H groups in total. The molecule has 0 aliphatic carbocycles. The van der Waals surface area contributed by atoms with Crippen LogP contribution in [0.15, 0.2) is 42.5 Å². The van der Waals surface area contributed by atoms with Crippen molar-refractivity contribution in [3.05, 3.63) is 58.1 Å². The van der Waals surface area contributed by atoms with Crippen molar-refractivity contribution in [1.82, 2.24) is 4.90 Å². The molecule has 126 valence electrons. The molecule has 0 atom stereocenters. The van der Waals surface area contributed by atoms with Gasteiger partial charge in [-0.25, -0.2) is 0 Å². The van der Waals surface area contributed by atoms with Crippen LogP contribution in [0.2, 0.25) is 10.0 Å². The van der Waals surface area contributed by atoms with Crippen LogP contribution < -0.4 is 9.64 Å². The molecule has 0 aromatic heterocycles. The SMILES string of the molecule is COc1c(Cl)cc(C(=O)N2CCN(c3ccccc3)CC2)cc1Cl. The summed E-state index contributed by atoms with van der Waals surface area (Å²) in [5, 5.41) is 0.688. The maximum Gasteiger partial charge on any atom is 0.254 e. The van der Waals surface area contributed by atoms with Gasteiger partial charge in [-0.15, -0.1) is 0 Å². The average molecular weight is 365 g/mol. The molecule has 1 heterocycles. The van der Waals surface area contributed by atoms with Gasteiger partial charge >= 0.3 is 0 Å². The van der Waals surface area contributed by atoms with Gasteiger partial charge in [-0.3, -0.25) is 4.79 Å². The number of carbonyl (C=O) groups is 1. The van der Waals surface area contributed by atoms with Crippen LogP contribution in [0.4, 0.5) is 5.69 Å². The van der Waals surface area contributed by atoms with E-state index in [0.29, 0.717) is 34.4 Å². The second-order valence-corrected chi connectivity index (χ2v) is 6.40. The van der Waals surface area contributed by atoms with Gasteiger partial charge in [-0.05, 0) is 24.3 Å². The molecule has 4 nitrogen and oxygen atoms in total. The molecule has 0 saturated carbocycles. The number of hydrogen-bond donors (Lipinski definition) is 0. The number of amides is 1. The average Bonchev–Trinajstić information content (AvgIpc) is 2.62. The summed E-state index contributed by atoms with van der Waals surface area (Å²) in [4.78, 5) is 16.8. The van der Waals surface area contributed by atoms with Gasteiger partial charge in [-0.1, -0.05) is 41.4 Å². The van der Waals surface area contributed by atoms with E-state index in [4.69, 9.17) is 27.9 Å². The van der Waals surface area contributed by atoms with Crippen molar-refractivity contribution in [2.45, 2.75) is 0 Å². The Balaban J connectivity index is 1.69. The highest BCUT2D eigenvalue weighted by atomic mass is 35.5. The zero-order valence-electron chi connectivity index (χ0n) is 13.3. The van der Waals surface area contributed by atoms with Gasteiger partial charge in [-0.2, -0.15) is 0 Å². The lowest BCUT2D eigenvalue weighted by Gasteiger charge is -2.36. The van der Waals surface area contributed by atoms with E-state index in [1.54, 1.807) is 12.1 Å². The van der Waals surface area contributed by atoms with Crippen LogP contribution in [0.5, 0.6) is 5.75 Å². The summed E-state index contributed by atoms with van der Waals surface area (Å²) in [6, 6.07) is 13.4. The Morgan fingerprint density at radius 3 is 2.12 bits per heavy atom. The zero-order chi connectivity index (χ0) is 17.1. The van der Waals surface area contributed by atoms with Gasteiger partial charge < -0.3 is 14.5 Å². The second-order valence-electron chi connectivity index (χ2n) is 5.59. The quantitative estimate of drug-likeness (QED) is 0.825. The third-order valence-corrected chi connectivity index (χ3v) is 4.70. The molecule has 2 aromatic carbocycles. The first kappa shape index (κ1) is 16.9. The third-order valence-electron chi connectivity index (χ3n) is 4.14. The minimum Gasteiger partial charge on any atom is -0.494 e. The minimum atomic E-state index is -0.0610. The summed E-state index contributed by atoms with van der Waals surface area (Å²) in [6.07, 6.45) is 0. The largest absolute Gasteiger partial charge is 0.494 e. The first-order chi connectivity index (χ1) is 11.6. The number of para-hydroxylation sites is 1. The van der Waals surface area contributed by atoms with Crippen molar-refractivity contribution in [2.75, 3.05) is 38.2 Å². The maximum atomic E-state index is 12.7. The van der Waals surface area contributed by atoms with Gasteiger partial charge in [0.2, 0.25) is 0 Å². The molecule has 1 aliphatic rings. The Hall–Kier alpha value is -1.91. The molecule has 0 unspecified atom stereocenters. The monoisotopic (exact) mass is 364 g/mol. The predicted octanol–water partition coefficient (Wildman–Crippen LogP) is 3.96. The van der Waals surface area contributed by atoms with E-state index in [1.165, 1.54) is 12.8 Å². The maximum absolute atomic E-state index is 12.7. The molecule has 2 aromatic rings. The van der Waals surface area contributed by atoms with Crippen molar-refractivity contribution in [1.29, 1.82) is 0 Å². The standard InChI is InChI=1S/C18H18Cl2N2O2/c1-24-17-15(19)11-13(12-16(17)20)18(23)22-9-7-21(8-10-22)14-5-3-2-4-6-14/h2-6,11-12H,7-10H2,1H3. The first-order valence-corrected chi connectivity index (χ1v) is 8.48. The van der Waals surface area contributed by atoms with E-state index in [-0.39, 0.29) is 5.91 Å². The Kier molecular flexibility index (Phi) is 5.17. The van der Waals surface area contributed by atoms with E-state index in [9.17, 15) is 4.79 Å². The molecular weight excluding hydrogens is 347 g/mol. The summed E-state index contributed by atoms with van der Waals surface area (Å²) >= 11 is 12.3. The number of ether oxygens (including phenoxy) is 1. The van der Waals surface area contributed by atoms with Crippen LogP contribution in [0.1, 0.15) is 10.4 Å². The van der Waals surface area contributed by atoms with Crippen LogP contribution >= 0.6 is 23.2 Å². The molecule has 0 spiro atoms. The Morgan fingerprint density at radius 2 is 1.58 bits per heavy atom. The lowest BCUT2D eigenvalue weighted by molar-refractivity contribution is 0.0747. The Morgan fingerprint density at radius 1 is 1.00 bits per heavy atom. The van der Waals surface area contributed by atoms with Gasteiger partial charge in [0.25, 0.3) is 5.91 Å². The number of piperazine rings is 1. The van der Waals surface area contributed by atoms with Gasteiger partial charge in [0.05, 0.1) is 17.2 Å². The number of halogens is 2. The zero-order valence-corrected chi connectivity index (χ0v) is 14.8. The van der Waals surface area contributed by atoms with Crippen molar-refractivity contribution in [3.8, 4) is 5.75 Å². The minimum absolute atomic E-state index is 0.0610. The summed E-state index contributed by atoms with van der Waals surface area (Å²) < 4.78 is 5.12. The number of benzene rings is 2. The van der Waals surface area contributed by atoms with E-state index < -0.39 is 0 Å². The van der Waals surface area contributed by atoms with Crippen LogP contribution in [-0.2, 0) is 0 Å². The van der Waals surface area contributed by atoms with Crippen molar-refractivity contribution >= 4 is 34.8 Å². The van der Waals surface area contributed by atoms with E-state index in [0.717, 1.165) is 13.1 Å². The van der Waals surface area contributed by atoms with E-state index >= 15 is 0 Å². The second kappa shape index (κ2) is 7.32. The van der Waals surface area contributed by atoms with Gasteiger partial charge in [0.15, 0.2) is 5.75 Å². The molecule has 1 fully saturated rings. The molecule has 1 aliphatic heterocycles. The van der Waals surface area contributed by atoms with Crippen molar-refractivity contribution < 1.29 is 9.53 Å². The van der Waals surface area contributed by atoms with E-state index in [1.807, 2.05) is 23.1 Å². The van der Waals surface area contributed by atoms with Crippen LogP contribution in [0.3, 0.4) is 0 Å². The fraction of sp³-hybridized carbons (Fsp3) is 0.278. The number of anilines is 1. The summed E-state index contributed by atoms with van der Waals surface area (Å²) in [6.45, 7) is 2.92. The van der Waals surface area contributed by atoms with Crippen molar-refractivity contribution in [3.63, 3.8) is 0 Å². The topological polar surface area (TPSA) is 32.8 Å². The fourth-order valence-corrected chi connectivity index (χ4v) is 3.51. The number of carbonyl (C=O) groups excluding carboxylic acids is 1. The molecular formula is C18H18Cl2N2O2. The third kappa shape index (κ3) is 3.45. The molecule has 24 heavy (non-hydrogen) atoms. The normalized spacial score (nSPS) is 14.6. The number of methoxy groups -OCH3 is 1. The number of nitrogens with zero attached hydrogens (tertiary/aromatic N) is 2. The molecule has 0 bridgehead atoms. The van der Waals surface area contributed by atoms with Crippen molar-refractivity contribution in [2.24, 2.45) is 0 Å². The smallest absolute Gasteiger partial charge is 0.254 e. The van der Waals surface area contributed by atoms with Crippen LogP contribution in [0, 0.1) is 0 Å². The Labute approximate surface area is 151 Å².